The van der Waals surface area contributed by atoms with E-state index in [4.69, 9.17) is 0 Å². The Labute approximate surface area is 130 Å². The molecule has 1 unspecified atom stereocenters. The van der Waals surface area contributed by atoms with Crippen LogP contribution in [0.5, 0.6) is 0 Å². The fourth-order valence-electron chi connectivity index (χ4n) is 1.59. The van der Waals surface area contributed by atoms with E-state index in [1.54, 1.807) is 17.8 Å². The molecule has 4 nitrogen and oxygen atoms in total. The van der Waals surface area contributed by atoms with Crippen LogP contribution in [0.25, 0.3) is 0 Å². The van der Waals surface area contributed by atoms with Crippen molar-refractivity contribution in [3.05, 3.63) is 17.0 Å². The molecule has 0 fully saturated rings. The van der Waals surface area contributed by atoms with Crippen molar-refractivity contribution in [3.63, 3.8) is 0 Å². The Morgan fingerprint density at radius 3 is 2.65 bits per heavy atom. The van der Waals surface area contributed by atoms with Crippen molar-refractivity contribution in [1.29, 1.82) is 0 Å². The van der Waals surface area contributed by atoms with Gasteiger partial charge in [-0.05, 0) is 42.4 Å². The molecule has 1 rings (SSSR count). The van der Waals surface area contributed by atoms with Crippen molar-refractivity contribution in [2.75, 3.05) is 12.0 Å². The van der Waals surface area contributed by atoms with Crippen LogP contribution in [0, 0.1) is 0 Å². The molecule has 0 spiro atoms. The molecule has 0 bridgehead atoms. The maximum absolute atomic E-state index is 12.2. The van der Waals surface area contributed by atoms with Gasteiger partial charge in [-0.15, -0.1) is 11.3 Å². The van der Waals surface area contributed by atoms with Crippen LogP contribution in [0.1, 0.15) is 32.8 Å². The van der Waals surface area contributed by atoms with E-state index in [-0.39, 0.29) is 6.04 Å². The second-order valence-electron chi connectivity index (χ2n) is 5.11. The first kappa shape index (κ1) is 18.0. The Kier molecular flexibility index (Phi) is 7.53. The summed E-state index contributed by atoms with van der Waals surface area (Å²) in [5.74, 6) is 0.956. The summed E-state index contributed by atoms with van der Waals surface area (Å²) < 4.78 is 27.6. The third kappa shape index (κ3) is 6.13. The zero-order valence-electron chi connectivity index (χ0n) is 12.5. The molecule has 1 aromatic heterocycles. The molecule has 0 saturated heterocycles. The summed E-state index contributed by atoms with van der Waals surface area (Å²) >= 11 is 3.00. The molecule has 1 atom stereocenters. The first-order chi connectivity index (χ1) is 9.35. The number of hydrogen-bond donors (Lipinski definition) is 2. The molecular weight excluding hydrogens is 312 g/mol. The summed E-state index contributed by atoms with van der Waals surface area (Å²) in [5.41, 5.74) is 1.01. The van der Waals surface area contributed by atoms with Crippen molar-refractivity contribution in [2.45, 2.75) is 50.0 Å². The monoisotopic (exact) mass is 336 g/mol. The van der Waals surface area contributed by atoms with E-state index in [1.165, 1.54) is 11.3 Å². The van der Waals surface area contributed by atoms with Crippen LogP contribution >= 0.6 is 23.1 Å². The van der Waals surface area contributed by atoms with Gasteiger partial charge in [-0.2, -0.15) is 11.8 Å². The van der Waals surface area contributed by atoms with Crippen LogP contribution < -0.4 is 10.0 Å². The van der Waals surface area contributed by atoms with Crippen LogP contribution in [0.15, 0.2) is 15.7 Å². The van der Waals surface area contributed by atoms with Gasteiger partial charge in [-0.3, -0.25) is 0 Å². The van der Waals surface area contributed by atoms with Crippen LogP contribution in [-0.4, -0.2) is 32.5 Å². The fraction of sp³-hybridized carbons (Fsp3) is 0.692. The van der Waals surface area contributed by atoms with Crippen molar-refractivity contribution in [1.82, 2.24) is 10.0 Å². The Balaban J connectivity index is 2.63. The van der Waals surface area contributed by atoms with Gasteiger partial charge in [-0.1, -0.05) is 13.8 Å². The molecule has 0 aromatic carbocycles. The van der Waals surface area contributed by atoms with Crippen molar-refractivity contribution in [3.8, 4) is 0 Å². The Bertz CT molecular complexity index is 497. The van der Waals surface area contributed by atoms with E-state index in [0.717, 1.165) is 17.7 Å². The van der Waals surface area contributed by atoms with E-state index < -0.39 is 10.0 Å². The third-order valence-corrected chi connectivity index (χ3v) is 6.44. The average Bonchev–Trinajstić information content (AvgIpc) is 2.83. The normalized spacial score (nSPS) is 13.8. The lowest BCUT2D eigenvalue weighted by Gasteiger charge is -2.12. The highest BCUT2D eigenvalue weighted by molar-refractivity contribution is 7.98. The smallest absolute Gasteiger partial charge is 0.250 e. The predicted octanol–water partition coefficient (Wildman–Crippen LogP) is 2.67. The standard InChI is InChI=1S/C13H24N2O2S3/c1-10(2)14-8-12-7-13(19-9-12)20(16,17)15-11(3)5-6-18-4/h7,9-11,14-15H,5-6,8H2,1-4H3. The van der Waals surface area contributed by atoms with Gasteiger partial charge < -0.3 is 5.32 Å². The average molecular weight is 337 g/mol. The van der Waals surface area contributed by atoms with Crippen LogP contribution in [0.3, 0.4) is 0 Å². The lowest BCUT2D eigenvalue weighted by atomic mass is 10.3. The van der Waals surface area contributed by atoms with E-state index in [0.29, 0.717) is 16.8 Å². The maximum Gasteiger partial charge on any atom is 0.250 e. The second kappa shape index (κ2) is 8.38. The Hall–Kier alpha value is -0.0800. The highest BCUT2D eigenvalue weighted by Crippen LogP contribution is 2.20. The largest absolute Gasteiger partial charge is 0.310 e. The molecule has 0 aliphatic carbocycles. The lowest BCUT2D eigenvalue weighted by molar-refractivity contribution is 0.558. The van der Waals surface area contributed by atoms with Gasteiger partial charge in [-0.25, -0.2) is 13.1 Å². The van der Waals surface area contributed by atoms with Gasteiger partial charge in [0.25, 0.3) is 0 Å². The molecule has 7 heteroatoms. The number of sulfonamides is 1. The SMILES string of the molecule is CSCCC(C)NS(=O)(=O)c1cc(CNC(C)C)cs1. The molecule has 0 aliphatic heterocycles. The molecule has 1 aromatic rings. The van der Waals surface area contributed by atoms with Crippen LogP contribution in [-0.2, 0) is 16.6 Å². The first-order valence-corrected chi connectivity index (χ1v) is 10.4. The van der Waals surface area contributed by atoms with Gasteiger partial charge in [0.2, 0.25) is 10.0 Å². The van der Waals surface area contributed by atoms with Gasteiger partial charge >= 0.3 is 0 Å². The lowest BCUT2D eigenvalue weighted by Crippen LogP contribution is -2.32. The quantitative estimate of drug-likeness (QED) is 0.728. The molecule has 116 valence electrons. The Morgan fingerprint density at radius 1 is 1.35 bits per heavy atom. The molecular formula is C13H24N2O2S3. The molecule has 0 aliphatic rings. The number of thiophene rings is 1. The second-order valence-corrected chi connectivity index (χ2v) is 8.95. The summed E-state index contributed by atoms with van der Waals surface area (Å²) in [6.07, 6.45) is 2.86. The van der Waals surface area contributed by atoms with Gasteiger partial charge in [0.05, 0.1) is 0 Å². The first-order valence-electron chi connectivity index (χ1n) is 6.67. The molecule has 0 saturated carbocycles. The third-order valence-electron chi connectivity index (χ3n) is 2.72. The zero-order valence-corrected chi connectivity index (χ0v) is 14.9. The van der Waals surface area contributed by atoms with Crippen LogP contribution in [0.4, 0.5) is 0 Å². The summed E-state index contributed by atoms with van der Waals surface area (Å²) in [6, 6.07) is 2.11. The molecule has 2 N–H and O–H groups in total. The van der Waals surface area contributed by atoms with Gasteiger partial charge in [0.1, 0.15) is 4.21 Å². The van der Waals surface area contributed by atoms with Crippen LogP contribution in [0.2, 0.25) is 0 Å². The maximum atomic E-state index is 12.2. The van der Waals surface area contributed by atoms with E-state index in [2.05, 4.69) is 23.9 Å². The summed E-state index contributed by atoms with van der Waals surface area (Å²) in [5, 5.41) is 5.18. The fourth-order valence-corrected chi connectivity index (χ4v) is 4.68. The topological polar surface area (TPSA) is 58.2 Å². The Morgan fingerprint density at radius 2 is 2.05 bits per heavy atom. The molecule has 20 heavy (non-hydrogen) atoms. The number of hydrogen-bond acceptors (Lipinski definition) is 5. The number of nitrogens with one attached hydrogen (secondary N) is 2. The van der Waals surface area contributed by atoms with Crippen molar-refractivity contribution in [2.24, 2.45) is 0 Å². The predicted molar refractivity (Wildman–Crippen MR) is 89.1 cm³/mol. The minimum absolute atomic E-state index is 0.0354. The number of thioether (sulfide) groups is 1. The van der Waals surface area contributed by atoms with Gasteiger partial charge in [0, 0.05) is 18.6 Å². The van der Waals surface area contributed by atoms with E-state index >= 15 is 0 Å². The summed E-state index contributed by atoms with van der Waals surface area (Å²) in [6.45, 7) is 6.74. The number of rotatable bonds is 9. The van der Waals surface area contributed by atoms with E-state index in [1.807, 2.05) is 18.6 Å². The van der Waals surface area contributed by atoms with Gasteiger partial charge in [0.15, 0.2) is 0 Å². The van der Waals surface area contributed by atoms with E-state index in [9.17, 15) is 8.42 Å². The highest BCUT2D eigenvalue weighted by Gasteiger charge is 2.19. The highest BCUT2D eigenvalue weighted by atomic mass is 32.2. The molecule has 1 heterocycles. The zero-order chi connectivity index (χ0) is 15.2. The summed E-state index contributed by atoms with van der Waals surface area (Å²) in [4.78, 5) is 0. The minimum atomic E-state index is -3.38. The summed E-state index contributed by atoms with van der Waals surface area (Å²) in [7, 11) is -3.38. The molecule has 0 radical (unpaired) electrons. The molecule has 0 amide bonds. The minimum Gasteiger partial charge on any atom is -0.310 e. The van der Waals surface area contributed by atoms with Crippen molar-refractivity contribution >= 4 is 33.1 Å². The van der Waals surface area contributed by atoms with Crippen molar-refractivity contribution < 1.29 is 8.42 Å².